The number of fused-ring (bicyclic) bond motifs is 1. The standard InChI is InChI=1S/C34H43F6NO3S/c35-27-14-12-25(13-15-27)30-11-5-8-26-24-29(42)16-17-31(26)32(30)10-3-1-2-4-20-41-21-6-9-28(41)18-23-45(43,44)22-7-19-33(36,37)34(38,39)40/h12-17,24,28,42H,1-11,18-23H2. The highest BCUT2D eigenvalue weighted by Gasteiger charge is 2.56. The van der Waals surface area contributed by atoms with E-state index in [1.54, 1.807) is 6.07 Å². The Hall–Kier alpha value is -2.53. The summed E-state index contributed by atoms with van der Waals surface area (Å²) < 4.78 is 102. The monoisotopic (exact) mass is 659 g/mol. The van der Waals surface area contributed by atoms with Crippen LogP contribution in [0, 0.1) is 5.82 Å². The number of alkyl halides is 5. The SMILES string of the molecule is O=S(=O)(CCCC(F)(F)C(F)(F)F)CCC1CCCN1CCCCCCC1=C(c2ccc(F)cc2)CCCc2cc(O)ccc21. The summed E-state index contributed by atoms with van der Waals surface area (Å²) in [5.41, 5.74) is 5.77. The van der Waals surface area contributed by atoms with Crippen LogP contribution in [0.25, 0.3) is 11.1 Å². The van der Waals surface area contributed by atoms with Crippen molar-refractivity contribution in [2.75, 3.05) is 24.6 Å². The second kappa shape index (κ2) is 15.4. The summed E-state index contributed by atoms with van der Waals surface area (Å²) in [7, 11) is -3.72. The van der Waals surface area contributed by atoms with Gasteiger partial charge < -0.3 is 10.0 Å². The molecule has 4 nitrogen and oxygen atoms in total. The number of likely N-dealkylation sites (tertiary alicyclic amines) is 1. The van der Waals surface area contributed by atoms with E-state index in [0.717, 1.165) is 94.0 Å². The summed E-state index contributed by atoms with van der Waals surface area (Å²) in [6, 6.07) is 12.3. The van der Waals surface area contributed by atoms with Gasteiger partial charge in [0.2, 0.25) is 0 Å². The number of rotatable bonds is 15. The van der Waals surface area contributed by atoms with E-state index < -0.39 is 40.5 Å². The third-order valence-electron chi connectivity index (χ3n) is 9.09. The van der Waals surface area contributed by atoms with Crippen LogP contribution in [-0.4, -0.2) is 61.2 Å². The lowest BCUT2D eigenvalue weighted by molar-refractivity contribution is -0.284. The Morgan fingerprint density at radius 1 is 0.867 bits per heavy atom. The van der Waals surface area contributed by atoms with Crippen LogP contribution in [0.2, 0.25) is 0 Å². The number of hydrogen-bond donors (Lipinski definition) is 1. The highest BCUT2D eigenvalue weighted by molar-refractivity contribution is 7.91. The highest BCUT2D eigenvalue weighted by Crippen LogP contribution is 2.40. The van der Waals surface area contributed by atoms with Gasteiger partial charge in [-0.25, -0.2) is 12.8 Å². The second-order valence-electron chi connectivity index (χ2n) is 12.4. The fourth-order valence-electron chi connectivity index (χ4n) is 6.67. The van der Waals surface area contributed by atoms with Crippen molar-refractivity contribution in [3.8, 4) is 5.75 Å². The zero-order valence-corrected chi connectivity index (χ0v) is 26.3. The molecule has 1 aliphatic carbocycles. The molecular formula is C34H43F6NO3S. The summed E-state index contributed by atoms with van der Waals surface area (Å²) in [5.74, 6) is -5.78. The molecule has 1 heterocycles. The molecule has 0 radical (unpaired) electrons. The van der Waals surface area contributed by atoms with Gasteiger partial charge in [0.05, 0.1) is 11.5 Å². The molecule has 0 spiro atoms. The molecule has 1 N–H and O–H groups in total. The third kappa shape index (κ3) is 9.98. The first kappa shape index (κ1) is 35.3. The van der Waals surface area contributed by atoms with Gasteiger partial charge >= 0.3 is 12.1 Å². The highest BCUT2D eigenvalue weighted by atomic mass is 32.2. The van der Waals surface area contributed by atoms with Crippen molar-refractivity contribution in [1.82, 2.24) is 4.90 Å². The van der Waals surface area contributed by atoms with E-state index in [-0.39, 0.29) is 23.4 Å². The number of unbranched alkanes of at least 4 members (excludes halogenated alkanes) is 3. The first-order valence-corrected chi connectivity index (χ1v) is 17.8. The number of halogens is 6. The summed E-state index contributed by atoms with van der Waals surface area (Å²) in [5, 5.41) is 10.1. The van der Waals surface area contributed by atoms with Crippen molar-refractivity contribution < 1.29 is 39.9 Å². The van der Waals surface area contributed by atoms with Gasteiger partial charge in [-0.15, -0.1) is 0 Å². The number of aromatic hydroxyl groups is 1. The van der Waals surface area contributed by atoms with Crippen molar-refractivity contribution in [2.24, 2.45) is 0 Å². The lowest BCUT2D eigenvalue weighted by Crippen LogP contribution is -2.36. The Bertz CT molecular complexity index is 1410. The van der Waals surface area contributed by atoms with E-state index in [4.69, 9.17) is 0 Å². The molecule has 1 atom stereocenters. The number of hydrogen-bond acceptors (Lipinski definition) is 4. The lowest BCUT2D eigenvalue weighted by atomic mass is 9.89. The maximum Gasteiger partial charge on any atom is 0.453 e. The number of aryl methyl sites for hydroxylation is 1. The minimum atomic E-state index is -5.67. The minimum absolute atomic E-state index is 0.0683. The molecule has 11 heteroatoms. The van der Waals surface area contributed by atoms with Gasteiger partial charge in [-0.3, -0.25) is 0 Å². The molecule has 2 aliphatic rings. The molecule has 2 aromatic carbocycles. The van der Waals surface area contributed by atoms with Gasteiger partial charge in [-0.05, 0) is 129 Å². The molecule has 0 saturated carbocycles. The van der Waals surface area contributed by atoms with E-state index in [2.05, 4.69) is 4.90 Å². The topological polar surface area (TPSA) is 57.6 Å². The first-order valence-electron chi connectivity index (χ1n) is 15.9. The summed E-state index contributed by atoms with van der Waals surface area (Å²) in [4.78, 5) is 2.27. The predicted octanol–water partition coefficient (Wildman–Crippen LogP) is 8.98. The molecule has 1 fully saturated rings. The van der Waals surface area contributed by atoms with Gasteiger partial charge in [0.25, 0.3) is 0 Å². The van der Waals surface area contributed by atoms with Crippen LogP contribution >= 0.6 is 0 Å². The van der Waals surface area contributed by atoms with Crippen LogP contribution < -0.4 is 0 Å². The van der Waals surface area contributed by atoms with Crippen LogP contribution in [0.3, 0.4) is 0 Å². The van der Waals surface area contributed by atoms with Crippen LogP contribution in [0.4, 0.5) is 26.3 Å². The zero-order chi connectivity index (χ0) is 32.7. The molecule has 4 rings (SSSR count). The van der Waals surface area contributed by atoms with Gasteiger partial charge in [0.1, 0.15) is 21.4 Å². The van der Waals surface area contributed by atoms with E-state index in [1.807, 2.05) is 24.3 Å². The van der Waals surface area contributed by atoms with E-state index in [1.165, 1.54) is 23.3 Å². The molecular weight excluding hydrogens is 616 g/mol. The smallest absolute Gasteiger partial charge is 0.453 e. The fourth-order valence-corrected chi connectivity index (χ4v) is 8.09. The molecule has 0 aromatic heterocycles. The molecule has 1 unspecified atom stereocenters. The lowest BCUT2D eigenvalue weighted by Gasteiger charge is -2.24. The number of sulfone groups is 1. The maximum absolute atomic E-state index is 13.7. The number of phenols is 1. The molecule has 2 aromatic rings. The number of benzene rings is 2. The van der Waals surface area contributed by atoms with Crippen LogP contribution in [-0.2, 0) is 16.3 Å². The van der Waals surface area contributed by atoms with Gasteiger partial charge in [-0.2, -0.15) is 22.0 Å². The molecule has 1 aliphatic heterocycles. The van der Waals surface area contributed by atoms with Crippen molar-refractivity contribution in [2.45, 2.75) is 102 Å². The Morgan fingerprint density at radius 2 is 1.60 bits per heavy atom. The maximum atomic E-state index is 13.7. The third-order valence-corrected chi connectivity index (χ3v) is 10.9. The summed E-state index contributed by atoms with van der Waals surface area (Å²) in [6.45, 7) is 1.69. The Balaban J connectivity index is 1.25. The first-order chi connectivity index (χ1) is 21.3. The summed E-state index contributed by atoms with van der Waals surface area (Å²) >= 11 is 0. The van der Waals surface area contributed by atoms with Crippen molar-refractivity contribution in [3.05, 3.63) is 65.0 Å². The number of allylic oxidation sites excluding steroid dienone is 2. The quantitative estimate of drug-likeness (QED) is 0.153. The molecule has 0 amide bonds. The zero-order valence-electron chi connectivity index (χ0n) is 25.5. The molecule has 45 heavy (non-hydrogen) atoms. The van der Waals surface area contributed by atoms with Gasteiger partial charge in [-0.1, -0.05) is 31.0 Å². The van der Waals surface area contributed by atoms with Crippen molar-refractivity contribution in [1.29, 1.82) is 0 Å². The van der Waals surface area contributed by atoms with Crippen molar-refractivity contribution in [3.63, 3.8) is 0 Å². The van der Waals surface area contributed by atoms with Crippen molar-refractivity contribution >= 4 is 21.0 Å². The largest absolute Gasteiger partial charge is 0.508 e. The molecule has 1 saturated heterocycles. The number of phenolic OH excluding ortho intramolecular Hbond substituents is 1. The van der Waals surface area contributed by atoms with E-state index >= 15 is 0 Å². The molecule has 250 valence electrons. The Labute approximate surface area is 262 Å². The Kier molecular flexibility index (Phi) is 12.1. The minimum Gasteiger partial charge on any atom is -0.508 e. The number of nitrogens with zero attached hydrogens (tertiary/aromatic N) is 1. The summed E-state index contributed by atoms with van der Waals surface area (Å²) in [6.07, 6.45) is 1.69. The van der Waals surface area contributed by atoms with E-state index in [9.17, 15) is 39.9 Å². The fraction of sp³-hybridized carbons (Fsp3) is 0.588. The Morgan fingerprint density at radius 3 is 2.33 bits per heavy atom. The predicted molar refractivity (Wildman–Crippen MR) is 165 cm³/mol. The van der Waals surface area contributed by atoms with Gasteiger partial charge in [0, 0.05) is 12.5 Å². The van der Waals surface area contributed by atoms with Crippen LogP contribution in [0.1, 0.15) is 93.7 Å². The average molecular weight is 660 g/mol. The second-order valence-corrected chi connectivity index (χ2v) is 14.7. The average Bonchev–Trinajstić information content (AvgIpc) is 3.34. The van der Waals surface area contributed by atoms with Crippen LogP contribution in [0.15, 0.2) is 42.5 Å². The van der Waals surface area contributed by atoms with Crippen LogP contribution in [0.5, 0.6) is 5.75 Å². The van der Waals surface area contributed by atoms with Gasteiger partial charge in [0.15, 0.2) is 0 Å². The normalized spacial score (nSPS) is 18.3. The van der Waals surface area contributed by atoms with E-state index in [0.29, 0.717) is 6.42 Å². The molecule has 0 bridgehead atoms.